The lowest BCUT2D eigenvalue weighted by Gasteiger charge is -2.16. The van der Waals surface area contributed by atoms with Crippen molar-refractivity contribution in [2.75, 3.05) is 13.2 Å². The zero-order valence-electron chi connectivity index (χ0n) is 11.4. The molecule has 0 aliphatic carbocycles. The molecule has 0 saturated carbocycles. The number of aliphatic imine (C=N–C) groups is 1. The molecule has 20 heavy (non-hydrogen) atoms. The highest BCUT2D eigenvalue weighted by Gasteiger charge is 2.10. The van der Waals surface area contributed by atoms with Crippen molar-refractivity contribution in [1.29, 1.82) is 0 Å². The molecule has 0 bridgehead atoms. The molecule has 2 unspecified atom stereocenters. The van der Waals surface area contributed by atoms with Crippen LogP contribution in [0.5, 0.6) is 0 Å². The van der Waals surface area contributed by atoms with Gasteiger partial charge in [0.15, 0.2) is 5.96 Å². The van der Waals surface area contributed by atoms with Crippen LogP contribution in [0.15, 0.2) is 23.2 Å². The number of guanidine groups is 1. The van der Waals surface area contributed by atoms with Crippen molar-refractivity contribution in [3.8, 4) is 0 Å². The molecule has 0 saturated heterocycles. The van der Waals surface area contributed by atoms with Gasteiger partial charge < -0.3 is 16.2 Å². The largest absolute Gasteiger partial charge is 0.396 e. The Morgan fingerprint density at radius 1 is 1.40 bits per heavy atom. The Balaban J connectivity index is 0.00000361. The summed E-state index contributed by atoms with van der Waals surface area (Å²) < 4.78 is 0. The molecule has 4 N–H and O–H groups in total. The average Bonchev–Trinajstić information content (AvgIpc) is 2.35. The molecule has 0 aliphatic rings. The number of rotatable bonds is 5. The normalized spacial score (nSPS) is 14.3. The van der Waals surface area contributed by atoms with E-state index in [0.717, 1.165) is 5.56 Å². The summed E-state index contributed by atoms with van der Waals surface area (Å²) in [5.74, 6) is 0.425. The molecule has 0 radical (unpaired) electrons. The summed E-state index contributed by atoms with van der Waals surface area (Å²) in [6.45, 7) is 4.41. The zero-order chi connectivity index (χ0) is 14.4. The Morgan fingerprint density at radius 3 is 2.60 bits per heavy atom. The molecular formula is C13H20Cl2IN3O. The van der Waals surface area contributed by atoms with Crippen LogP contribution in [0.4, 0.5) is 0 Å². The lowest BCUT2D eigenvalue weighted by Crippen LogP contribution is -2.34. The van der Waals surface area contributed by atoms with Crippen LogP contribution >= 0.6 is 47.2 Å². The molecule has 0 amide bonds. The Labute approximate surface area is 146 Å². The first kappa shape index (κ1) is 19.8. The van der Waals surface area contributed by atoms with Crippen LogP contribution in [0.25, 0.3) is 0 Å². The summed E-state index contributed by atoms with van der Waals surface area (Å²) in [7, 11) is 0. The van der Waals surface area contributed by atoms with Crippen molar-refractivity contribution in [1.82, 2.24) is 5.32 Å². The smallest absolute Gasteiger partial charge is 0.189 e. The third-order valence-electron chi connectivity index (χ3n) is 2.68. The lowest BCUT2D eigenvalue weighted by atomic mass is 10.1. The van der Waals surface area contributed by atoms with Crippen molar-refractivity contribution in [3.05, 3.63) is 33.8 Å². The van der Waals surface area contributed by atoms with Crippen LogP contribution in [0.2, 0.25) is 10.0 Å². The quantitative estimate of drug-likeness (QED) is 0.381. The van der Waals surface area contributed by atoms with Gasteiger partial charge in [0.2, 0.25) is 0 Å². The fourth-order valence-corrected chi connectivity index (χ4v) is 2.08. The van der Waals surface area contributed by atoms with Gasteiger partial charge in [-0.05, 0) is 30.5 Å². The number of nitrogens with zero attached hydrogens (tertiary/aromatic N) is 1. The molecule has 1 aromatic rings. The number of aliphatic hydroxyl groups excluding tert-OH is 1. The first-order chi connectivity index (χ1) is 8.93. The van der Waals surface area contributed by atoms with E-state index >= 15 is 0 Å². The van der Waals surface area contributed by atoms with E-state index in [4.69, 9.17) is 34.0 Å². The third kappa shape index (κ3) is 6.47. The van der Waals surface area contributed by atoms with Gasteiger partial charge in [0, 0.05) is 23.2 Å². The van der Waals surface area contributed by atoms with E-state index in [1.54, 1.807) is 12.1 Å². The number of aliphatic hydroxyl groups is 1. The molecule has 4 nitrogen and oxygen atoms in total. The Hall–Kier alpha value is -0.240. The van der Waals surface area contributed by atoms with Crippen molar-refractivity contribution in [3.63, 3.8) is 0 Å². The summed E-state index contributed by atoms with van der Waals surface area (Å²) in [5.41, 5.74) is 6.69. The third-order valence-corrected chi connectivity index (χ3v) is 3.24. The summed E-state index contributed by atoms with van der Waals surface area (Å²) in [6.07, 6.45) is 0. The monoisotopic (exact) mass is 431 g/mol. The summed E-state index contributed by atoms with van der Waals surface area (Å²) >= 11 is 12.0. The van der Waals surface area contributed by atoms with E-state index in [9.17, 15) is 0 Å². The molecule has 1 aromatic carbocycles. The van der Waals surface area contributed by atoms with Gasteiger partial charge in [0.25, 0.3) is 0 Å². The molecule has 1 rings (SSSR count). The van der Waals surface area contributed by atoms with Gasteiger partial charge in [-0.15, -0.1) is 24.0 Å². The fourth-order valence-electron chi connectivity index (χ4n) is 1.51. The fraction of sp³-hybridized carbons (Fsp3) is 0.462. The van der Waals surface area contributed by atoms with Gasteiger partial charge >= 0.3 is 0 Å². The molecule has 0 aliphatic heterocycles. The highest BCUT2D eigenvalue weighted by molar-refractivity contribution is 14.0. The van der Waals surface area contributed by atoms with Gasteiger partial charge in [-0.3, -0.25) is 4.99 Å². The molecule has 0 spiro atoms. The minimum atomic E-state index is -0.0713. The van der Waals surface area contributed by atoms with Crippen LogP contribution < -0.4 is 11.1 Å². The molecular weight excluding hydrogens is 412 g/mol. The second-order valence-corrected chi connectivity index (χ2v) is 5.39. The second kappa shape index (κ2) is 9.65. The number of nitrogens with one attached hydrogen (secondary N) is 1. The minimum absolute atomic E-state index is 0. The topological polar surface area (TPSA) is 70.6 Å². The molecule has 0 fully saturated rings. The van der Waals surface area contributed by atoms with E-state index in [1.807, 2.05) is 19.9 Å². The summed E-state index contributed by atoms with van der Waals surface area (Å²) in [5, 5.41) is 13.1. The van der Waals surface area contributed by atoms with Gasteiger partial charge in [0.1, 0.15) is 0 Å². The van der Waals surface area contributed by atoms with Gasteiger partial charge in [-0.2, -0.15) is 0 Å². The maximum absolute atomic E-state index is 8.91. The molecule has 2 atom stereocenters. The van der Waals surface area contributed by atoms with E-state index in [1.165, 1.54) is 0 Å². The van der Waals surface area contributed by atoms with Crippen LogP contribution in [0, 0.1) is 5.92 Å². The molecule has 114 valence electrons. The first-order valence-electron chi connectivity index (χ1n) is 6.06. The van der Waals surface area contributed by atoms with Crippen molar-refractivity contribution in [2.24, 2.45) is 16.6 Å². The first-order valence-corrected chi connectivity index (χ1v) is 6.82. The Morgan fingerprint density at radius 2 is 2.05 bits per heavy atom. The van der Waals surface area contributed by atoms with Crippen molar-refractivity contribution >= 4 is 53.1 Å². The van der Waals surface area contributed by atoms with Gasteiger partial charge in [0.05, 0.1) is 6.04 Å². The maximum atomic E-state index is 8.91. The average molecular weight is 432 g/mol. The minimum Gasteiger partial charge on any atom is -0.396 e. The van der Waals surface area contributed by atoms with E-state index in [0.29, 0.717) is 22.5 Å². The number of halogens is 3. The zero-order valence-corrected chi connectivity index (χ0v) is 15.3. The highest BCUT2D eigenvalue weighted by atomic mass is 127. The maximum Gasteiger partial charge on any atom is 0.189 e. The van der Waals surface area contributed by atoms with Gasteiger partial charge in [-0.25, -0.2) is 0 Å². The molecule has 0 heterocycles. The summed E-state index contributed by atoms with van der Waals surface area (Å²) in [4.78, 5) is 4.16. The standard InChI is InChI=1S/C13H19Cl2N3O.HI/c1-8(7-19)6-17-13(16)18-9(2)11-4-3-10(14)5-12(11)15;/h3-5,8-9,19H,6-7H2,1-2H3,(H3,16,17,18);1H. The van der Waals surface area contributed by atoms with Gasteiger partial charge in [-0.1, -0.05) is 36.2 Å². The van der Waals surface area contributed by atoms with E-state index in [2.05, 4.69) is 10.3 Å². The number of hydrogen-bond acceptors (Lipinski definition) is 2. The molecule has 0 aromatic heterocycles. The lowest BCUT2D eigenvalue weighted by molar-refractivity contribution is 0.241. The molecule has 7 heteroatoms. The van der Waals surface area contributed by atoms with Crippen LogP contribution in [0.3, 0.4) is 0 Å². The van der Waals surface area contributed by atoms with E-state index in [-0.39, 0.29) is 42.5 Å². The number of nitrogens with two attached hydrogens (primary N) is 1. The SMILES string of the molecule is CC(CO)CN=C(N)NC(C)c1ccc(Cl)cc1Cl.I. The number of hydrogen-bond donors (Lipinski definition) is 3. The predicted octanol–water partition coefficient (Wildman–Crippen LogP) is 3.21. The predicted molar refractivity (Wildman–Crippen MR) is 96.2 cm³/mol. The van der Waals surface area contributed by atoms with Crippen molar-refractivity contribution < 1.29 is 5.11 Å². The Kier molecular flexibility index (Phi) is 9.54. The summed E-state index contributed by atoms with van der Waals surface area (Å²) in [6, 6.07) is 5.25. The van der Waals surface area contributed by atoms with Crippen LogP contribution in [-0.4, -0.2) is 24.2 Å². The highest BCUT2D eigenvalue weighted by Crippen LogP contribution is 2.25. The number of benzene rings is 1. The van der Waals surface area contributed by atoms with Crippen molar-refractivity contribution in [2.45, 2.75) is 19.9 Å². The second-order valence-electron chi connectivity index (χ2n) is 4.55. The van der Waals surface area contributed by atoms with E-state index < -0.39 is 0 Å². The van der Waals surface area contributed by atoms with Crippen LogP contribution in [0.1, 0.15) is 25.5 Å². The van der Waals surface area contributed by atoms with Crippen LogP contribution in [-0.2, 0) is 0 Å². The Bertz CT molecular complexity index is 457.